The Morgan fingerprint density at radius 3 is 2.74 bits per heavy atom. The van der Waals surface area contributed by atoms with Crippen LogP contribution < -0.4 is 4.74 Å². The molecule has 1 aromatic heterocycles. The minimum atomic E-state index is -0.0183. The second kappa shape index (κ2) is 8.73. The molecule has 1 heterocycles. The Kier molecular flexibility index (Phi) is 6.13. The quantitative estimate of drug-likeness (QED) is 0.576. The van der Waals surface area contributed by atoms with Crippen molar-refractivity contribution in [2.75, 3.05) is 14.1 Å². The average Bonchev–Trinajstić information content (AvgIpc) is 3.12. The van der Waals surface area contributed by atoms with Crippen molar-refractivity contribution in [3.05, 3.63) is 71.1 Å². The Labute approximate surface area is 162 Å². The maximum atomic E-state index is 12.0. The number of benzene rings is 2. The van der Waals surface area contributed by atoms with Gasteiger partial charge in [0.25, 0.3) is 17.0 Å². The van der Waals surface area contributed by atoms with Crippen LogP contribution in [0.5, 0.6) is 5.75 Å². The molecule has 3 rings (SSSR count). The molecule has 0 spiro atoms. The summed E-state index contributed by atoms with van der Waals surface area (Å²) in [6.07, 6.45) is 0. The predicted molar refractivity (Wildman–Crippen MR) is 104 cm³/mol. The highest BCUT2D eigenvalue weighted by Gasteiger charge is 2.11. The van der Waals surface area contributed by atoms with Crippen LogP contribution in [0, 0.1) is 6.92 Å². The van der Waals surface area contributed by atoms with Crippen LogP contribution in [-0.4, -0.2) is 35.1 Å². The maximum Gasteiger partial charge on any atom is 0.277 e. The van der Waals surface area contributed by atoms with Crippen molar-refractivity contribution >= 4 is 17.7 Å². The lowest BCUT2D eigenvalue weighted by molar-refractivity contribution is 0.0827. The Balaban J connectivity index is 1.55. The van der Waals surface area contributed by atoms with E-state index < -0.39 is 0 Å². The molecule has 0 aliphatic rings. The van der Waals surface area contributed by atoms with Gasteiger partial charge in [-0.15, -0.1) is 10.2 Å². The number of rotatable bonds is 7. The second-order valence-electron chi connectivity index (χ2n) is 6.26. The molecule has 0 atom stereocenters. The average molecular weight is 383 g/mol. The van der Waals surface area contributed by atoms with E-state index >= 15 is 0 Å². The first-order chi connectivity index (χ1) is 13.0. The number of carbonyl (C=O) groups excluding carboxylic acids is 1. The zero-order valence-corrected chi connectivity index (χ0v) is 16.3. The standard InChI is InChI=1S/C20H21N3O3S/c1-14-6-4-9-17(10-14)25-12-18-21-22-20(26-18)27-13-15-7-5-8-16(11-15)19(24)23(2)3/h4-11H,12-13H2,1-3H3. The second-order valence-corrected chi connectivity index (χ2v) is 7.18. The highest BCUT2D eigenvalue weighted by molar-refractivity contribution is 7.98. The smallest absolute Gasteiger partial charge is 0.277 e. The molecule has 27 heavy (non-hydrogen) atoms. The van der Waals surface area contributed by atoms with E-state index in [2.05, 4.69) is 10.2 Å². The Morgan fingerprint density at radius 2 is 1.96 bits per heavy atom. The predicted octanol–water partition coefficient (Wildman–Crippen LogP) is 3.95. The summed E-state index contributed by atoms with van der Waals surface area (Å²) in [5.41, 5.74) is 2.81. The molecule has 0 N–H and O–H groups in total. The van der Waals surface area contributed by atoms with Crippen LogP contribution in [0.15, 0.2) is 58.2 Å². The number of carbonyl (C=O) groups is 1. The van der Waals surface area contributed by atoms with Gasteiger partial charge in [-0.1, -0.05) is 36.0 Å². The molecule has 0 radical (unpaired) electrons. The molecule has 1 amide bonds. The van der Waals surface area contributed by atoms with Crippen LogP contribution in [-0.2, 0) is 12.4 Å². The molecule has 2 aromatic carbocycles. The largest absolute Gasteiger partial charge is 0.484 e. The van der Waals surface area contributed by atoms with Gasteiger partial charge in [-0.3, -0.25) is 4.79 Å². The van der Waals surface area contributed by atoms with Crippen LogP contribution in [0.2, 0.25) is 0 Å². The van der Waals surface area contributed by atoms with Crippen LogP contribution in [0.1, 0.15) is 27.4 Å². The van der Waals surface area contributed by atoms with Crippen LogP contribution in [0.3, 0.4) is 0 Å². The maximum absolute atomic E-state index is 12.0. The van der Waals surface area contributed by atoms with E-state index in [1.54, 1.807) is 19.0 Å². The summed E-state index contributed by atoms with van der Waals surface area (Å²) < 4.78 is 11.3. The van der Waals surface area contributed by atoms with Crippen molar-refractivity contribution in [3.8, 4) is 5.75 Å². The highest BCUT2D eigenvalue weighted by Crippen LogP contribution is 2.23. The van der Waals surface area contributed by atoms with Gasteiger partial charge >= 0.3 is 0 Å². The van der Waals surface area contributed by atoms with Crippen molar-refractivity contribution < 1.29 is 13.9 Å². The first-order valence-corrected chi connectivity index (χ1v) is 9.45. The molecule has 3 aromatic rings. The van der Waals surface area contributed by atoms with E-state index in [1.165, 1.54) is 11.8 Å². The minimum absolute atomic E-state index is 0.0183. The molecule has 0 bridgehead atoms. The van der Waals surface area contributed by atoms with Crippen LogP contribution >= 0.6 is 11.8 Å². The first-order valence-electron chi connectivity index (χ1n) is 8.46. The van der Waals surface area contributed by atoms with Gasteiger partial charge in [0.2, 0.25) is 0 Å². The molecule has 0 unspecified atom stereocenters. The van der Waals surface area contributed by atoms with E-state index in [4.69, 9.17) is 9.15 Å². The van der Waals surface area contributed by atoms with Crippen LogP contribution in [0.4, 0.5) is 0 Å². The van der Waals surface area contributed by atoms with Crippen molar-refractivity contribution in [2.45, 2.75) is 24.5 Å². The molecular weight excluding hydrogens is 362 g/mol. The summed E-state index contributed by atoms with van der Waals surface area (Å²) in [4.78, 5) is 13.6. The molecule has 7 heteroatoms. The van der Waals surface area contributed by atoms with Gasteiger partial charge in [0.1, 0.15) is 5.75 Å². The first kappa shape index (κ1) is 19.0. The summed E-state index contributed by atoms with van der Waals surface area (Å²) in [5.74, 6) is 1.81. The van der Waals surface area contributed by atoms with Gasteiger partial charge in [-0.05, 0) is 42.3 Å². The number of nitrogens with zero attached hydrogens (tertiary/aromatic N) is 3. The number of hydrogen-bond donors (Lipinski definition) is 0. The van der Waals surface area contributed by atoms with E-state index in [-0.39, 0.29) is 12.5 Å². The van der Waals surface area contributed by atoms with E-state index in [0.717, 1.165) is 16.9 Å². The van der Waals surface area contributed by atoms with Gasteiger partial charge in [-0.25, -0.2) is 0 Å². The lowest BCUT2D eigenvalue weighted by Crippen LogP contribution is -2.21. The normalized spacial score (nSPS) is 10.6. The molecule has 140 valence electrons. The molecule has 0 aliphatic carbocycles. The van der Waals surface area contributed by atoms with Gasteiger partial charge in [0.15, 0.2) is 6.61 Å². The minimum Gasteiger partial charge on any atom is -0.484 e. The summed E-state index contributed by atoms with van der Waals surface area (Å²) in [6.45, 7) is 2.24. The fraction of sp³-hybridized carbons (Fsp3) is 0.250. The monoisotopic (exact) mass is 383 g/mol. The summed E-state index contributed by atoms with van der Waals surface area (Å²) in [5, 5.41) is 8.52. The number of aryl methyl sites for hydroxylation is 1. The summed E-state index contributed by atoms with van der Waals surface area (Å²) in [6, 6.07) is 15.3. The van der Waals surface area contributed by atoms with Crippen molar-refractivity contribution in [1.29, 1.82) is 0 Å². The zero-order valence-electron chi connectivity index (χ0n) is 15.5. The number of amides is 1. The van der Waals surface area contributed by atoms with Gasteiger partial charge in [0.05, 0.1) is 0 Å². The lowest BCUT2D eigenvalue weighted by Gasteiger charge is -2.10. The molecule has 0 saturated heterocycles. The Hall–Kier alpha value is -2.80. The molecular formula is C20H21N3O3S. The summed E-state index contributed by atoms with van der Waals surface area (Å²) in [7, 11) is 3.48. The Bertz CT molecular complexity index is 924. The third kappa shape index (κ3) is 5.34. The third-order valence-electron chi connectivity index (χ3n) is 3.74. The third-order valence-corrected chi connectivity index (χ3v) is 4.63. The zero-order chi connectivity index (χ0) is 19.2. The van der Waals surface area contributed by atoms with Gasteiger partial charge in [-0.2, -0.15) is 0 Å². The SMILES string of the molecule is Cc1cccc(OCc2nnc(SCc3cccc(C(=O)N(C)C)c3)o2)c1. The van der Waals surface area contributed by atoms with Gasteiger partial charge < -0.3 is 14.1 Å². The molecule has 6 nitrogen and oxygen atoms in total. The number of aromatic nitrogens is 2. The molecule has 0 fully saturated rings. The lowest BCUT2D eigenvalue weighted by atomic mass is 10.1. The van der Waals surface area contributed by atoms with E-state index in [9.17, 15) is 4.79 Å². The highest BCUT2D eigenvalue weighted by atomic mass is 32.2. The number of ether oxygens (including phenoxy) is 1. The number of hydrogen-bond acceptors (Lipinski definition) is 6. The van der Waals surface area contributed by atoms with Crippen molar-refractivity contribution in [1.82, 2.24) is 15.1 Å². The fourth-order valence-corrected chi connectivity index (χ4v) is 3.13. The van der Waals surface area contributed by atoms with Gasteiger partial charge in [0, 0.05) is 25.4 Å². The Morgan fingerprint density at radius 1 is 1.15 bits per heavy atom. The van der Waals surface area contributed by atoms with Crippen LogP contribution in [0.25, 0.3) is 0 Å². The van der Waals surface area contributed by atoms with E-state index in [0.29, 0.717) is 22.4 Å². The number of thioether (sulfide) groups is 1. The molecule has 0 aliphatic heterocycles. The van der Waals surface area contributed by atoms with Crippen molar-refractivity contribution in [3.63, 3.8) is 0 Å². The summed E-state index contributed by atoms with van der Waals surface area (Å²) >= 11 is 1.43. The van der Waals surface area contributed by atoms with E-state index in [1.807, 2.05) is 55.5 Å². The molecule has 0 saturated carbocycles. The fourth-order valence-electron chi connectivity index (χ4n) is 2.40. The van der Waals surface area contributed by atoms with Crippen molar-refractivity contribution in [2.24, 2.45) is 0 Å². The topological polar surface area (TPSA) is 68.5 Å².